The average molecular weight is 376 g/mol. The van der Waals surface area contributed by atoms with Crippen LogP contribution in [-0.4, -0.2) is 4.98 Å². The van der Waals surface area contributed by atoms with Gasteiger partial charge in [-0.05, 0) is 68.9 Å². The van der Waals surface area contributed by atoms with Crippen LogP contribution >= 0.6 is 38.5 Å². The summed E-state index contributed by atoms with van der Waals surface area (Å²) in [5.74, 6) is 1.38. The third-order valence-corrected chi connectivity index (χ3v) is 2.89. The first kappa shape index (κ1) is 10.9. The Morgan fingerprint density at radius 2 is 1.80 bits per heavy atom. The van der Waals surface area contributed by atoms with E-state index in [4.69, 9.17) is 4.74 Å². The van der Waals surface area contributed by atoms with Crippen LogP contribution in [0.3, 0.4) is 0 Å². The fraction of sp³-hybridized carbons (Fsp3) is 0. The average Bonchev–Trinajstić information content (AvgIpc) is 2.22. The van der Waals surface area contributed by atoms with Gasteiger partial charge in [0, 0.05) is 9.64 Å². The number of hydrogen-bond donors (Lipinski definition) is 0. The van der Waals surface area contributed by atoms with Gasteiger partial charge < -0.3 is 4.74 Å². The van der Waals surface area contributed by atoms with Gasteiger partial charge >= 0.3 is 0 Å². The molecule has 76 valence electrons. The highest BCUT2D eigenvalue weighted by Gasteiger charge is 1.98. The standard InChI is InChI=1S/C11H7BrINO/c12-10-2-1-3-11(14-10)15-9-6-4-8(13)5-7-9/h1-7H. The van der Waals surface area contributed by atoms with E-state index in [9.17, 15) is 0 Å². The lowest BCUT2D eigenvalue weighted by Crippen LogP contribution is -1.87. The molecule has 1 aromatic heterocycles. The van der Waals surface area contributed by atoms with Crippen LogP contribution in [-0.2, 0) is 0 Å². The van der Waals surface area contributed by atoms with Crippen LogP contribution in [0.4, 0.5) is 0 Å². The van der Waals surface area contributed by atoms with Crippen LogP contribution in [0.2, 0.25) is 0 Å². The summed E-state index contributed by atoms with van der Waals surface area (Å²) in [5.41, 5.74) is 0. The molecule has 1 heterocycles. The molecule has 0 amide bonds. The van der Waals surface area contributed by atoms with Crippen LogP contribution in [0.25, 0.3) is 0 Å². The van der Waals surface area contributed by atoms with Gasteiger partial charge in [-0.3, -0.25) is 0 Å². The van der Waals surface area contributed by atoms with Crippen molar-refractivity contribution in [2.75, 3.05) is 0 Å². The molecule has 4 heteroatoms. The minimum atomic E-state index is 0.589. The SMILES string of the molecule is Brc1cccc(Oc2ccc(I)cc2)n1. The maximum absolute atomic E-state index is 5.57. The molecule has 1 aromatic carbocycles. The highest BCUT2D eigenvalue weighted by atomic mass is 127. The Bertz CT molecular complexity index is 458. The molecule has 0 saturated heterocycles. The maximum atomic E-state index is 5.57. The second-order valence-corrected chi connectivity index (χ2v) is 4.91. The summed E-state index contributed by atoms with van der Waals surface area (Å²) in [6, 6.07) is 13.4. The van der Waals surface area contributed by atoms with Crippen LogP contribution in [0.5, 0.6) is 11.6 Å². The van der Waals surface area contributed by atoms with Gasteiger partial charge in [0.05, 0.1) is 0 Å². The molecular formula is C11H7BrINO. The topological polar surface area (TPSA) is 22.1 Å². The van der Waals surface area contributed by atoms with Crippen LogP contribution < -0.4 is 4.74 Å². The first-order chi connectivity index (χ1) is 7.24. The molecular weight excluding hydrogens is 369 g/mol. The van der Waals surface area contributed by atoms with Gasteiger partial charge in [-0.1, -0.05) is 6.07 Å². The van der Waals surface area contributed by atoms with Crippen molar-refractivity contribution in [1.29, 1.82) is 0 Å². The molecule has 0 atom stereocenters. The van der Waals surface area contributed by atoms with Crippen molar-refractivity contribution < 1.29 is 4.74 Å². The van der Waals surface area contributed by atoms with Crippen molar-refractivity contribution in [1.82, 2.24) is 4.98 Å². The van der Waals surface area contributed by atoms with Crippen molar-refractivity contribution in [3.05, 3.63) is 50.6 Å². The number of aromatic nitrogens is 1. The van der Waals surface area contributed by atoms with E-state index in [0.29, 0.717) is 5.88 Å². The molecule has 0 radical (unpaired) electrons. The highest BCUT2D eigenvalue weighted by Crippen LogP contribution is 2.21. The fourth-order valence-electron chi connectivity index (χ4n) is 1.07. The molecule has 2 rings (SSSR count). The number of nitrogens with zero attached hydrogens (tertiary/aromatic N) is 1. The van der Waals surface area contributed by atoms with E-state index in [2.05, 4.69) is 43.5 Å². The van der Waals surface area contributed by atoms with Crippen molar-refractivity contribution in [2.45, 2.75) is 0 Å². The third-order valence-electron chi connectivity index (χ3n) is 1.73. The summed E-state index contributed by atoms with van der Waals surface area (Å²) in [5, 5.41) is 0. The fourth-order valence-corrected chi connectivity index (χ4v) is 1.76. The van der Waals surface area contributed by atoms with Gasteiger partial charge in [0.2, 0.25) is 5.88 Å². The van der Waals surface area contributed by atoms with Gasteiger partial charge in [0.1, 0.15) is 10.4 Å². The van der Waals surface area contributed by atoms with E-state index in [1.807, 2.05) is 42.5 Å². The Hall–Kier alpha value is -0.620. The van der Waals surface area contributed by atoms with E-state index < -0.39 is 0 Å². The zero-order valence-corrected chi connectivity index (χ0v) is 11.4. The Balaban J connectivity index is 2.18. The van der Waals surface area contributed by atoms with E-state index in [1.54, 1.807) is 0 Å². The van der Waals surface area contributed by atoms with Crippen LogP contribution in [0.15, 0.2) is 47.1 Å². The summed E-state index contributed by atoms with van der Waals surface area (Å²) in [7, 11) is 0. The quantitative estimate of drug-likeness (QED) is 0.578. The lowest BCUT2D eigenvalue weighted by Gasteiger charge is -2.04. The second-order valence-electron chi connectivity index (χ2n) is 2.85. The summed E-state index contributed by atoms with van der Waals surface area (Å²) in [6.45, 7) is 0. The molecule has 0 bridgehead atoms. The smallest absolute Gasteiger partial charge is 0.220 e. The second kappa shape index (κ2) is 4.94. The maximum Gasteiger partial charge on any atom is 0.220 e. The number of benzene rings is 1. The number of halogens is 2. The zero-order chi connectivity index (χ0) is 10.7. The lowest BCUT2D eigenvalue weighted by atomic mass is 10.3. The van der Waals surface area contributed by atoms with Gasteiger partial charge in [-0.25, -0.2) is 4.98 Å². The van der Waals surface area contributed by atoms with Crippen LogP contribution in [0.1, 0.15) is 0 Å². The summed E-state index contributed by atoms with van der Waals surface area (Å²) in [6.07, 6.45) is 0. The predicted molar refractivity (Wildman–Crippen MR) is 71.2 cm³/mol. The van der Waals surface area contributed by atoms with E-state index in [0.717, 1.165) is 10.4 Å². The summed E-state index contributed by atoms with van der Waals surface area (Å²) >= 11 is 5.55. The first-order valence-electron chi connectivity index (χ1n) is 4.30. The largest absolute Gasteiger partial charge is 0.439 e. The molecule has 0 fully saturated rings. The molecule has 0 saturated carbocycles. The number of rotatable bonds is 2. The van der Waals surface area contributed by atoms with Crippen molar-refractivity contribution >= 4 is 38.5 Å². The molecule has 0 spiro atoms. The number of ether oxygens (including phenoxy) is 1. The molecule has 0 aliphatic heterocycles. The number of pyridine rings is 1. The predicted octanol–water partition coefficient (Wildman–Crippen LogP) is 4.24. The van der Waals surface area contributed by atoms with Gasteiger partial charge in [-0.15, -0.1) is 0 Å². The summed E-state index contributed by atoms with van der Waals surface area (Å²) in [4.78, 5) is 4.18. The molecule has 15 heavy (non-hydrogen) atoms. The molecule has 0 N–H and O–H groups in total. The zero-order valence-electron chi connectivity index (χ0n) is 7.65. The monoisotopic (exact) mass is 375 g/mol. The normalized spacial score (nSPS) is 10.0. The number of hydrogen-bond acceptors (Lipinski definition) is 2. The first-order valence-corrected chi connectivity index (χ1v) is 6.17. The molecule has 0 unspecified atom stereocenters. The molecule has 2 aromatic rings. The van der Waals surface area contributed by atoms with Crippen molar-refractivity contribution in [2.24, 2.45) is 0 Å². The van der Waals surface area contributed by atoms with E-state index in [-0.39, 0.29) is 0 Å². The third kappa shape index (κ3) is 3.17. The molecule has 0 aliphatic rings. The van der Waals surface area contributed by atoms with Gasteiger partial charge in [-0.2, -0.15) is 0 Å². The van der Waals surface area contributed by atoms with E-state index >= 15 is 0 Å². The molecule has 2 nitrogen and oxygen atoms in total. The van der Waals surface area contributed by atoms with Gasteiger partial charge in [0.25, 0.3) is 0 Å². The Labute approximate surface area is 110 Å². The van der Waals surface area contributed by atoms with Gasteiger partial charge in [0.15, 0.2) is 0 Å². The minimum absolute atomic E-state index is 0.589. The van der Waals surface area contributed by atoms with E-state index in [1.165, 1.54) is 3.57 Å². The van der Waals surface area contributed by atoms with Crippen molar-refractivity contribution in [3.8, 4) is 11.6 Å². The minimum Gasteiger partial charge on any atom is -0.439 e. The van der Waals surface area contributed by atoms with Crippen molar-refractivity contribution in [3.63, 3.8) is 0 Å². The van der Waals surface area contributed by atoms with Crippen LogP contribution in [0, 0.1) is 3.57 Å². The summed E-state index contributed by atoms with van der Waals surface area (Å²) < 4.78 is 7.52. The Morgan fingerprint density at radius 3 is 2.47 bits per heavy atom. The Kier molecular flexibility index (Phi) is 3.58. The Morgan fingerprint density at radius 1 is 1.07 bits per heavy atom. The molecule has 0 aliphatic carbocycles. The lowest BCUT2D eigenvalue weighted by molar-refractivity contribution is 0.462. The highest BCUT2D eigenvalue weighted by molar-refractivity contribution is 14.1.